The molecule has 0 aromatic rings. The van der Waals surface area contributed by atoms with Crippen LogP contribution in [0.4, 0.5) is 0 Å². The second-order valence-corrected chi connectivity index (χ2v) is 6.90. The first-order valence-electron chi connectivity index (χ1n) is 9.59. The van der Waals surface area contributed by atoms with Crippen LogP contribution in [0.25, 0.3) is 0 Å². The maximum absolute atomic E-state index is 9.71. The molecule has 0 amide bonds. The quantitative estimate of drug-likeness (QED) is 0.192. The van der Waals surface area contributed by atoms with Gasteiger partial charge in [-0.25, -0.2) is 0 Å². The van der Waals surface area contributed by atoms with Gasteiger partial charge < -0.3 is 5.11 Å². The van der Waals surface area contributed by atoms with Gasteiger partial charge in [0.15, 0.2) is 0 Å². The summed E-state index contributed by atoms with van der Waals surface area (Å²) in [7, 11) is 0. The van der Waals surface area contributed by atoms with E-state index in [2.05, 4.69) is 67.7 Å². The van der Waals surface area contributed by atoms with E-state index >= 15 is 0 Å². The van der Waals surface area contributed by atoms with E-state index in [0.29, 0.717) is 6.42 Å². The molecule has 0 bridgehead atoms. The highest BCUT2D eigenvalue weighted by atomic mass is 32.1. The Balaban J connectivity index is 3.51. The number of unbranched alkanes of at least 4 members (excludes halogenated alkanes) is 1. The van der Waals surface area contributed by atoms with E-state index in [1.54, 1.807) is 0 Å². The fourth-order valence-corrected chi connectivity index (χ4v) is 2.47. The van der Waals surface area contributed by atoms with Crippen LogP contribution < -0.4 is 0 Å². The summed E-state index contributed by atoms with van der Waals surface area (Å²) in [5, 5.41) is 9.71. The van der Waals surface area contributed by atoms with Crippen LogP contribution in [0.2, 0.25) is 0 Å². The Morgan fingerprint density at radius 2 is 1.24 bits per heavy atom. The van der Waals surface area contributed by atoms with E-state index in [0.717, 1.165) is 56.2 Å². The van der Waals surface area contributed by atoms with E-state index in [1.807, 2.05) is 6.92 Å². The summed E-state index contributed by atoms with van der Waals surface area (Å²) in [6, 6.07) is 0. The zero-order valence-corrected chi connectivity index (χ0v) is 16.9. The molecule has 1 nitrogen and oxygen atoms in total. The Hall–Kier alpha value is -1.25. The van der Waals surface area contributed by atoms with Crippen molar-refractivity contribution in [3.8, 4) is 0 Å². The molecular formula is C23H36OS. The average molecular weight is 361 g/mol. The largest absolute Gasteiger partial charge is 0.393 e. The van der Waals surface area contributed by atoms with E-state index in [1.165, 1.54) is 0 Å². The molecule has 0 aliphatic rings. The summed E-state index contributed by atoms with van der Waals surface area (Å²) in [4.78, 5) is 0.891. The predicted octanol–water partition coefficient (Wildman–Crippen LogP) is 7.05. The van der Waals surface area contributed by atoms with Gasteiger partial charge in [-0.1, -0.05) is 79.9 Å². The summed E-state index contributed by atoms with van der Waals surface area (Å²) in [6.07, 6.45) is 30.5. The molecule has 0 aromatic heterocycles. The molecule has 1 N–H and O–H groups in total. The first-order chi connectivity index (χ1) is 12.2. The zero-order chi connectivity index (χ0) is 18.6. The molecule has 140 valence electrons. The topological polar surface area (TPSA) is 20.2 Å². The molecular weight excluding hydrogens is 324 g/mol. The fraction of sp³-hybridized carbons (Fsp3) is 0.522. The monoisotopic (exact) mass is 360 g/mol. The second kappa shape index (κ2) is 19.1. The Labute approximate surface area is 160 Å². The molecule has 0 aliphatic carbocycles. The van der Waals surface area contributed by atoms with Crippen LogP contribution in [-0.4, -0.2) is 16.1 Å². The summed E-state index contributed by atoms with van der Waals surface area (Å²) < 4.78 is 0. The van der Waals surface area contributed by atoms with Crippen LogP contribution >= 0.6 is 12.2 Å². The summed E-state index contributed by atoms with van der Waals surface area (Å²) in [5.41, 5.74) is 0. The lowest BCUT2D eigenvalue weighted by atomic mass is 10.1. The van der Waals surface area contributed by atoms with Gasteiger partial charge in [0.25, 0.3) is 0 Å². The lowest BCUT2D eigenvalue weighted by molar-refractivity contribution is 0.170. The number of allylic oxidation sites excluding steroid dienone is 10. The number of thiocarbonyl (C=S) groups is 1. The van der Waals surface area contributed by atoms with Crippen molar-refractivity contribution in [3.63, 3.8) is 0 Å². The minimum atomic E-state index is -0.264. The van der Waals surface area contributed by atoms with E-state index in [4.69, 9.17) is 12.2 Å². The molecule has 0 aromatic carbocycles. The Morgan fingerprint density at radius 3 is 1.68 bits per heavy atom. The van der Waals surface area contributed by atoms with Crippen molar-refractivity contribution in [2.24, 2.45) is 0 Å². The van der Waals surface area contributed by atoms with E-state index < -0.39 is 0 Å². The molecule has 0 fully saturated rings. The Kier molecular flexibility index (Phi) is 18.1. The van der Waals surface area contributed by atoms with Gasteiger partial charge in [0.1, 0.15) is 0 Å². The number of hydrogen-bond acceptors (Lipinski definition) is 2. The molecule has 1 unspecified atom stereocenters. The van der Waals surface area contributed by atoms with Crippen molar-refractivity contribution in [1.29, 1.82) is 0 Å². The van der Waals surface area contributed by atoms with Gasteiger partial charge in [-0.2, -0.15) is 0 Å². The van der Waals surface area contributed by atoms with Gasteiger partial charge >= 0.3 is 0 Å². The van der Waals surface area contributed by atoms with Crippen LogP contribution in [-0.2, 0) is 0 Å². The van der Waals surface area contributed by atoms with Crippen LogP contribution in [0, 0.1) is 0 Å². The summed E-state index contributed by atoms with van der Waals surface area (Å²) >= 11 is 5.00. The smallest absolute Gasteiger partial charge is 0.0585 e. The second-order valence-electron chi connectivity index (χ2n) is 6.20. The minimum absolute atomic E-state index is 0.264. The van der Waals surface area contributed by atoms with Crippen molar-refractivity contribution in [3.05, 3.63) is 60.8 Å². The summed E-state index contributed by atoms with van der Waals surface area (Å²) in [6.45, 7) is 4.05. The molecule has 0 aliphatic heterocycles. The maximum atomic E-state index is 9.71. The van der Waals surface area contributed by atoms with Gasteiger partial charge in [0.2, 0.25) is 0 Å². The van der Waals surface area contributed by atoms with Crippen molar-refractivity contribution in [2.75, 3.05) is 0 Å². The molecule has 0 saturated carbocycles. The summed E-state index contributed by atoms with van der Waals surface area (Å²) in [5.74, 6) is 0. The number of aliphatic hydroxyl groups excluding tert-OH is 1. The number of aliphatic hydroxyl groups is 1. The van der Waals surface area contributed by atoms with Crippen LogP contribution in [0.5, 0.6) is 0 Å². The highest BCUT2D eigenvalue weighted by Gasteiger charge is 2.03. The third-order valence-corrected chi connectivity index (χ3v) is 3.76. The standard InChI is InChI=1S/C23H36OS/c1-3-4-5-6-7-8-9-10-11-12-13-14-15-16-17-18-19-20-23(24)21-22(2)25/h4-5,7-8,10-11,13-14,16-17,23-24H,3,6,9,12,15,18-21H2,1-2H3. The molecule has 0 radical (unpaired) electrons. The molecule has 1 atom stereocenters. The average Bonchev–Trinajstić information content (AvgIpc) is 2.57. The van der Waals surface area contributed by atoms with Gasteiger partial charge in [0, 0.05) is 6.42 Å². The molecule has 0 saturated heterocycles. The van der Waals surface area contributed by atoms with Crippen molar-refractivity contribution in [2.45, 2.75) is 77.7 Å². The highest BCUT2D eigenvalue weighted by molar-refractivity contribution is 7.80. The van der Waals surface area contributed by atoms with Crippen molar-refractivity contribution >= 4 is 17.1 Å². The van der Waals surface area contributed by atoms with Crippen LogP contribution in [0.3, 0.4) is 0 Å². The molecule has 0 rings (SSSR count). The third-order valence-electron chi connectivity index (χ3n) is 3.59. The lowest BCUT2D eigenvalue weighted by Crippen LogP contribution is -2.09. The van der Waals surface area contributed by atoms with Crippen LogP contribution in [0.1, 0.15) is 71.6 Å². The molecule has 0 spiro atoms. The predicted molar refractivity (Wildman–Crippen MR) is 117 cm³/mol. The zero-order valence-electron chi connectivity index (χ0n) is 16.1. The first kappa shape index (κ1) is 23.8. The Morgan fingerprint density at radius 1 is 0.800 bits per heavy atom. The number of rotatable bonds is 15. The fourth-order valence-electron chi connectivity index (χ4n) is 2.27. The van der Waals surface area contributed by atoms with Crippen LogP contribution in [0.15, 0.2) is 60.8 Å². The van der Waals surface area contributed by atoms with Gasteiger partial charge in [-0.15, -0.1) is 0 Å². The van der Waals surface area contributed by atoms with E-state index in [-0.39, 0.29) is 6.10 Å². The van der Waals surface area contributed by atoms with Crippen molar-refractivity contribution < 1.29 is 5.11 Å². The van der Waals surface area contributed by atoms with Crippen molar-refractivity contribution in [1.82, 2.24) is 0 Å². The third kappa shape index (κ3) is 20.7. The normalized spacial score (nSPS) is 14.0. The molecule has 2 heteroatoms. The molecule has 0 heterocycles. The Bertz CT molecular complexity index is 455. The van der Waals surface area contributed by atoms with Gasteiger partial charge in [-0.05, 0) is 63.2 Å². The van der Waals surface area contributed by atoms with Gasteiger partial charge in [-0.3, -0.25) is 0 Å². The SMILES string of the molecule is CCC=CCC=CCC=CCC=CCC=CCCCC(O)CC(C)=S. The first-order valence-corrected chi connectivity index (χ1v) is 10.00. The maximum Gasteiger partial charge on any atom is 0.0585 e. The lowest BCUT2D eigenvalue weighted by Gasteiger charge is -2.07. The highest BCUT2D eigenvalue weighted by Crippen LogP contribution is 2.06. The van der Waals surface area contributed by atoms with Gasteiger partial charge in [0.05, 0.1) is 6.10 Å². The van der Waals surface area contributed by atoms with E-state index in [9.17, 15) is 5.11 Å². The number of hydrogen-bond donors (Lipinski definition) is 1. The molecule has 25 heavy (non-hydrogen) atoms. The minimum Gasteiger partial charge on any atom is -0.393 e.